The van der Waals surface area contributed by atoms with Crippen LogP contribution in [0.4, 0.5) is 5.69 Å². The summed E-state index contributed by atoms with van der Waals surface area (Å²) in [6.45, 7) is 3.76. The van der Waals surface area contributed by atoms with Crippen LogP contribution in [0.2, 0.25) is 10.0 Å². The van der Waals surface area contributed by atoms with Gasteiger partial charge in [-0.1, -0.05) is 35.0 Å². The number of aromatic nitrogens is 1. The van der Waals surface area contributed by atoms with Gasteiger partial charge in [-0.25, -0.2) is 4.98 Å². The molecule has 0 aliphatic heterocycles. The van der Waals surface area contributed by atoms with Crippen molar-refractivity contribution in [1.29, 1.82) is 0 Å². The highest BCUT2D eigenvalue weighted by molar-refractivity contribution is 8.02. The van der Waals surface area contributed by atoms with E-state index in [4.69, 9.17) is 23.2 Å². The highest BCUT2D eigenvalue weighted by Gasteiger charge is 2.17. The molecule has 0 saturated heterocycles. The Hall–Kier alpha value is -0.750. The molecule has 0 saturated carbocycles. The quantitative estimate of drug-likeness (QED) is 0.802. The van der Waals surface area contributed by atoms with Crippen LogP contribution in [-0.4, -0.2) is 16.1 Å². The second-order valence-corrected chi connectivity index (χ2v) is 7.42. The topological polar surface area (TPSA) is 42.0 Å². The molecule has 0 unspecified atom stereocenters. The van der Waals surface area contributed by atoms with Gasteiger partial charge in [0.25, 0.3) is 0 Å². The number of carbonyl (C=O) groups is 1. The molecule has 7 heteroatoms. The Kier molecular flexibility index (Phi) is 5.32. The summed E-state index contributed by atoms with van der Waals surface area (Å²) in [5, 5.41) is 5.46. The molecule has 1 atom stereocenters. The minimum absolute atomic E-state index is 0.132. The second kappa shape index (κ2) is 6.80. The Balaban J connectivity index is 2.02. The van der Waals surface area contributed by atoms with Crippen LogP contribution in [0.5, 0.6) is 0 Å². The van der Waals surface area contributed by atoms with E-state index in [0.29, 0.717) is 15.7 Å². The molecule has 1 N–H and O–H groups in total. The summed E-state index contributed by atoms with van der Waals surface area (Å²) in [6.07, 6.45) is 0. The van der Waals surface area contributed by atoms with E-state index in [1.807, 2.05) is 19.2 Å². The van der Waals surface area contributed by atoms with Crippen molar-refractivity contribution in [2.24, 2.45) is 0 Å². The average Bonchev–Trinajstić information content (AvgIpc) is 2.79. The van der Waals surface area contributed by atoms with Gasteiger partial charge in [0.05, 0.1) is 16.0 Å². The molecule has 0 aliphatic carbocycles. The van der Waals surface area contributed by atoms with Crippen molar-refractivity contribution in [3.05, 3.63) is 39.3 Å². The van der Waals surface area contributed by atoms with Gasteiger partial charge < -0.3 is 5.32 Å². The van der Waals surface area contributed by atoms with Gasteiger partial charge in [0.1, 0.15) is 0 Å². The number of thiazole rings is 1. The molecule has 1 amide bonds. The lowest BCUT2D eigenvalue weighted by Gasteiger charge is -2.11. The summed E-state index contributed by atoms with van der Waals surface area (Å²) in [5.74, 6) is -0.132. The number of nitrogens with zero attached hydrogens (tertiary/aromatic N) is 1. The largest absolute Gasteiger partial charge is 0.324 e. The van der Waals surface area contributed by atoms with Crippen molar-refractivity contribution in [1.82, 2.24) is 4.98 Å². The van der Waals surface area contributed by atoms with Crippen LogP contribution in [0.3, 0.4) is 0 Å². The first-order valence-corrected chi connectivity index (χ1v) is 8.32. The standard InChI is InChI=1S/C13H12Cl2N2OS2/c1-7-6-19-13(16-7)20-8(2)12(18)17-11-5-9(14)3-4-10(11)15/h3-6,8H,1-2H3,(H,17,18)/t8-/m1/s1. The fraction of sp³-hybridized carbons (Fsp3) is 0.231. The predicted octanol–water partition coefficient (Wildman–Crippen LogP) is 4.88. The number of hydrogen-bond acceptors (Lipinski definition) is 4. The molecule has 1 aromatic heterocycles. The Morgan fingerprint density at radius 3 is 2.85 bits per heavy atom. The lowest BCUT2D eigenvalue weighted by Crippen LogP contribution is -2.22. The predicted molar refractivity (Wildman–Crippen MR) is 87.3 cm³/mol. The number of amides is 1. The molecule has 2 rings (SSSR count). The molecule has 0 spiro atoms. The molecular formula is C13H12Cl2N2OS2. The lowest BCUT2D eigenvalue weighted by molar-refractivity contribution is -0.115. The molecule has 2 aromatic rings. The number of aryl methyl sites for hydroxylation is 1. The van der Waals surface area contributed by atoms with Gasteiger partial charge in [-0.3, -0.25) is 4.79 Å². The van der Waals surface area contributed by atoms with Crippen LogP contribution in [0.15, 0.2) is 27.9 Å². The normalized spacial score (nSPS) is 12.2. The summed E-state index contributed by atoms with van der Waals surface area (Å²) in [6, 6.07) is 4.96. The first kappa shape index (κ1) is 15.6. The highest BCUT2D eigenvalue weighted by Crippen LogP contribution is 2.29. The van der Waals surface area contributed by atoms with E-state index in [2.05, 4.69) is 10.3 Å². The molecular weight excluding hydrogens is 335 g/mol. The van der Waals surface area contributed by atoms with E-state index in [0.717, 1.165) is 10.0 Å². The van der Waals surface area contributed by atoms with E-state index < -0.39 is 0 Å². The molecule has 0 bridgehead atoms. The summed E-state index contributed by atoms with van der Waals surface area (Å²) in [4.78, 5) is 16.5. The van der Waals surface area contributed by atoms with E-state index in [1.165, 1.54) is 23.1 Å². The first-order valence-electron chi connectivity index (χ1n) is 5.80. The van der Waals surface area contributed by atoms with Gasteiger partial charge in [0.2, 0.25) is 5.91 Å². The van der Waals surface area contributed by atoms with Crippen LogP contribution in [0, 0.1) is 6.92 Å². The Labute approximate surface area is 135 Å². The maximum atomic E-state index is 12.1. The van der Waals surface area contributed by atoms with Crippen LogP contribution in [-0.2, 0) is 4.79 Å². The number of benzene rings is 1. The molecule has 1 aromatic carbocycles. The van der Waals surface area contributed by atoms with Crippen molar-refractivity contribution < 1.29 is 4.79 Å². The molecule has 0 radical (unpaired) electrons. The fourth-order valence-electron chi connectivity index (χ4n) is 1.42. The van der Waals surface area contributed by atoms with Gasteiger partial charge in [-0.2, -0.15) is 0 Å². The summed E-state index contributed by atoms with van der Waals surface area (Å²) in [5.41, 5.74) is 1.48. The maximum absolute atomic E-state index is 12.1. The van der Waals surface area contributed by atoms with Gasteiger partial charge in [-0.15, -0.1) is 11.3 Å². The second-order valence-electron chi connectivity index (χ2n) is 4.13. The third-order valence-corrected chi connectivity index (χ3v) is 5.19. The van der Waals surface area contributed by atoms with Crippen LogP contribution in [0.1, 0.15) is 12.6 Å². The Morgan fingerprint density at radius 2 is 2.20 bits per heavy atom. The van der Waals surface area contributed by atoms with Gasteiger partial charge in [0, 0.05) is 16.1 Å². The molecule has 3 nitrogen and oxygen atoms in total. The van der Waals surface area contributed by atoms with E-state index in [9.17, 15) is 4.79 Å². The molecule has 0 aliphatic rings. The lowest BCUT2D eigenvalue weighted by atomic mass is 10.3. The third kappa shape index (κ3) is 4.12. The summed E-state index contributed by atoms with van der Waals surface area (Å²) >= 11 is 14.9. The zero-order chi connectivity index (χ0) is 14.7. The molecule has 0 fully saturated rings. The first-order chi connectivity index (χ1) is 9.45. The van der Waals surface area contributed by atoms with E-state index in [-0.39, 0.29) is 11.2 Å². The van der Waals surface area contributed by atoms with Crippen molar-refractivity contribution in [2.75, 3.05) is 5.32 Å². The summed E-state index contributed by atoms with van der Waals surface area (Å²) < 4.78 is 0.877. The monoisotopic (exact) mass is 346 g/mol. The van der Waals surface area contributed by atoms with Crippen LogP contribution < -0.4 is 5.32 Å². The van der Waals surface area contributed by atoms with Gasteiger partial charge in [-0.05, 0) is 32.0 Å². The molecule has 20 heavy (non-hydrogen) atoms. The molecule has 106 valence electrons. The number of anilines is 1. The van der Waals surface area contributed by atoms with Crippen molar-refractivity contribution >= 4 is 57.9 Å². The minimum atomic E-state index is -0.268. The van der Waals surface area contributed by atoms with Crippen molar-refractivity contribution in [2.45, 2.75) is 23.4 Å². The Bertz CT molecular complexity index is 631. The number of hydrogen-bond donors (Lipinski definition) is 1. The van der Waals surface area contributed by atoms with Gasteiger partial charge >= 0.3 is 0 Å². The summed E-state index contributed by atoms with van der Waals surface area (Å²) in [7, 11) is 0. The average molecular weight is 347 g/mol. The number of carbonyl (C=O) groups excluding carboxylic acids is 1. The van der Waals surface area contributed by atoms with E-state index in [1.54, 1.807) is 18.2 Å². The SMILES string of the molecule is Cc1csc(S[C@H](C)C(=O)Nc2cc(Cl)ccc2Cl)n1. The van der Waals surface area contributed by atoms with Crippen molar-refractivity contribution in [3.8, 4) is 0 Å². The zero-order valence-electron chi connectivity index (χ0n) is 10.8. The molecule has 1 heterocycles. The van der Waals surface area contributed by atoms with E-state index >= 15 is 0 Å². The maximum Gasteiger partial charge on any atom is 0.237 e. The van der Waals surface area contributed by atoms with Crippen LogP contribution in [0.25, 0.3) is 0 Å². The smallest absolute Gasteiger partial charge is 0.237 e. The number of rotatable bonds is 4. The highest BCUT2D eigenvalue weighted by atomic mass is 35.5. The number of halogens is 2. The van der Waals surface area contributed by atoms with Crippen LogP contribution >= 0.6 is 46.3 Å². The minimum Gasteiger partial charge on any atom is -0.324 e. The zero-order valence-corrected chi connectivity index (χ0v) is 14.0. The number of nitrogens with one attached hydrogen (secondary N) is 1. The Morgan fingerprint density at radius 1 is 1.45 bits per heavy atom. The van der Waals surface area contributed by atoms with Gasteiger partial charge in [0.15, 0.2) is 4.34 Å². The van der Waals surface area contributed by atoms with Crippen molar-refractivity contribution in [3.63, 3.8) is 0 Å². The third-order valence-electron chi connectivity index (χ3n) is 2.43. The fourth-order valence-corrected chi connectivity index (χ4v) is 3.74. The number of thioether (sulfide) groups is 1.